The van der Waals surface area contributed by atoms with Crippen LogP contribution in [0.4, 0.5) is 11.4 Å². The molecular weight excluding hydrogens is 320 g/mol. The van der Waals surface area contributed by atoms with Gasteiger partial charge in [0.15, 0.2) is 0 Å². The molecule has 2 amide bonds. The van der Waals surface area contributed by atoms with Gasteiger partial charge in [0.1, 0.15) is 5.75 Å². The van der Waals surface area contributed by atoms with Crippen molar-refractivity contribution in [3.8, 4) is 5.75 Å². The van der Waals surface area contributed by atoms with Crippen LogP contribution in [-0.2, 0) is 9.59 Å². The maximum absolute atomic E-state index is 12.3. The van der Waals surface area contributed by atoms with Crippen LogP contribution < -0.4 is 10.6 Å². The maximum Gasteiger partial charge on any atom is 0.296 e. The maximum atomic E-state index is 12.3. The summed E-state index contributed by atoms with van der Waals surface area (Å²) in [7, 11) is 0. The summed E-state index contributed by atoms with van der Waals surface area (Å²) in [6.07, 6.45) is 0. The van der Waals surface area contributed by atoms with Crippen molar-refractivity contribution >= 4 is 40.6 Å². The number of rotatable bonds is 4. The van der Waals surface area contributed by atoms with Crippen LogP contribution in [-0.4, -0.2) is 22.7 Å². The first-order valence-electron chi connectivity index (χ1n) is 6.59. The molecule has 2 aromatic carbocycles. The van der Waals surface area contributed by atoms with Crippen LogP contribution in [0.5, 0.6) is 5.75 Å². The SMILES string of the molecule is CC(=O)Nc1ccccc1C(=O)C(=O)Nc1ccc(Cl)cc1O. The van der Waals surface area contributed by atoms with E-state index in [2.05, 4.69) is 10.6 Å². The van der Waals surface area contributed by atoms with Crippen molar-refractivity contribution in [1.82, 2.24) is 0 Å². The number of Topliss-reactive ketones (excluding diaryl/α,β-unsaturated/α-hetero) is 1. The van der Waals surface area contributed by atoms with Crippen molar-refractivity contribution < 1.29 is 19.5 Å². The number of nitrogens with one attached hydrogen (secondary N) is 2. The fourth-order valence-corrected chi connectivity index (χ4v) is 2.06. The van der Waals surface area contributed by atoms with Gasteiger partial charge in [0.2, 0.25) is 5.91 Å². The van der Waals surface area contributed by atoms with Gasteiger partial charge in [-0.15, -0.1) is 0 Å². The van der Waals surface area contributed by atoms with Gasteiger partial charge in [-0.25, -0.2) is 0 Å². The molecule has 0 aromatic heterocycles. The van der Waals surface area contributed by atoms with E-state index in [0.29, 0.717) is 5.02 Å². The molecule has 0 saturated heterocycles. The molecule has 3 N–H and O–H groups in total. The average molecular weight is 333 g/mol. The van der Waals surface area contributed by atoms with Crippen molar-refractivity contribution in [2.45, 2.75) is 6.92 Å². The number of ketones is 1. The van der Waals surface area contributed by atoms with Crippen LogP contribution in [0.3, 0.4) is 0 Å². The number of aromatic hydroxyl groups is 1. The lowest BCUT2D eigenvalue weighted by molar-refractivity contribution is -0.114. The number of para-hydroxylation sites is 1. The number of phenolic OH excluding ortho intramolecular Hbond substituents is 1. The number of hydrogen-bond acceptors (Lipinski definition) is 4. The van der Waals surface area contributed by atoms with Gasteiger partial charge in [0.25, 0.3) is 11.7 Å². The minimum Gasteiger partial charge on any atom is -0.506 e. The number of phenols is 1. The standard InChI is InChI=1S/C16H13ClN2O4/c1-9(20)18-12-5-3-2-4-11(12)15(22)16(23)19-13-7-6-10(17)8-14(13)21/h2-8,21H,1H3,(H,18,20)(H,19,23). The Morgan fingerprint density at radius 1 is 1.00 bits per heavy atom. The second-order valence-electron chi connectivity index (χ2n) is 4.67. The molecule has 0 atom stereocenters. The third kappa shape index (κ3) is 4.08. The van der Waals surface area contributed by atoms with Crippen molar-refractivity contribution in [2.24, 2.45) is 0 Å². The topological polar surface area (TPSA) is 95.5 Å². The van der Waals surface area contributed by atoms with E-state index in [4.69, 9.17) is 11.6 Å². The molecule has 0 aliphatic carbocycles. The van der Waals surface area contributed by atoms with Gasteiger partial charge in [-0.1, -0.05) is 23.7 Å². The van der Waals surface area contributed by atoms with Gasteiger partial charge in [-0.2, -0.15) is 0 Å². The molecule has 0 aliphatic rings. The Bertz CT molecular complexity index is 789. The summed E-state index contributed by atoms with van der Waals surface area (Å²) in [5.74, 6) is -2.40. The number of anilines is 2. The van der Waals surface area contributed by atoms with Crippen LogP contribution in [0.2, 0.25) is 5.02 Å². The van der Waals surface area contributed by atoms with E-state index in [9.17, 15) is 19.5 Å². The molecule has 0 bridgehead atoms. The van der Waals surface area contributed by atoms with Crippen LogP contribution in [0.1, 0.15) is 17.3 Å². The summed E-state index contributed by atoms with van der Waals surface area (Å²) < 4.78 is 0. The molecule has 2 aromatic rings. The Morgan fingerprint density at radius 3 is 2.35 bits per heavy atom. The minimum atomic E-state index is -0.944. The molecule has 0 unspecified atom stereocenters. The number of carbonyl (C=O) groups is 3. The normalized spacial score (nSPS) is 10.0. The van der Waals surface area contributed by atoms with Crippen molar-refractivity contribution in [1.29, 1.82) is 0 Å². The number of hydrogen-bond donors (Lipinski definition) is 3. The molecule has 0 radical (unpaired) electrons. The zero-order valence-electron chi connectivity index (χ0n) is 12.1. The Hall–Kier alpha value is -2.86. The van der Waals surface area contributed by atoms with Gasteiger partial charge >= 0.3 is 0 Å². The van der Waals surface area contributed by atoms with Gasteiger partial charge in [-0.05, 0) is 24.3 Å². The summed E-state index contributed by atoms with van der Waals surface area (Å²) in [6.45, 7) is 1.30. The van der Waals surface area contributed by atoms with E-state index in [1.807, 2.05) is 0 Å². The summed E-state index contributed by atoms with van der Waals surface area (Å²) in [5.41, 5.74) is 0.346. The average Bonchev–Trinajstić information content (AvgIpc) is 2.49. The quantitative estimate of drug-likeness (QED) is 0.456. The van der Waals surface area contributed by atoms with Gasteiger partial charge in [-0.3, -0.25) is 14.4 Å². The highest BCUT2D eigenvalue weighted by Gasteiger charge is 2.20. The molecule has 23 heavy (non-hydrogen) atoms. The molecule has 0 heterocycles. The van der Waals surface area contributed by atoms with Crippen LogP contribution >= 0.6 is 11.6 Å². The predicted octanol–water partition coefficient (Wildman–Crippen LogP) is 2.83. The van der Waals surface area contributed by atoms with Gasteiger partial charge < -0.3 is 15.7 Å². The number of amides is 2. The monoisotopic (exact) mass is 332 g/mol. The zero-order chi connectivity index (χ0) is 17.0. The summed E-state index contributed by atoms with van der Waals surface area (Å²) in [6, 6.07) is 10.2. The molecule has 0 fully saturated rings. The zero-order valence-corrected chi connectivity index (χ0v) is 12.8. The minimum absolute atomic E-state index is 0.0497. The third-order valence-electron chi connectivity index (χ3n) is 2.90. The largest absolute Gasteiger partial charge is 0.506 e. The molecule has 118 valence electrons. The molecule has 2 rings (SSSR count). The molecule has 7 heteroatoms. The fraction of sp³-hybridized carbons (Fsp3) is 0.0625. The summed E-state index contributed by atoms with van der Waals surface area (Å²) in [5, 5.41) is 14.8. The van der Waals surface area contributed by atoms with Gasteiger partial charge in [0.05, 0.1) is 16.9 Å². The van der Waals surface area contributed by atoms with Crippen molar-refractivity contribution in [2.75, 3.05) is 10.6 Å². The highest BCUT2D eigenvalue weighted by molar-refractivity contribution is 6.47. The predicted molar refractivity (Wildman–Crippen MR) is 86.8 cm³/mol. The first kappa shape index (κ1) is 16.5. The molecular formula is C16H13ClN2O4. The van der Waals surface area contributed by atoms with E-state index < -0.39 is 11.7 Å². The van der Waals surface area contributed by atoms with Crippen LogP contribution in [0.15, 0.2) is 42.5 Å². The van der Waals surface area contributed by atoms with Crippen LogP contribution in [0.25, 0.3) is 0 Å². The van der Waals surface area contributed by atoms with E-state index in [0.717, 1.165) is 0 Å². The lowest BCUT2D eigenvalue weighted by Crippen LogP contribution is -2.24. The Morgan fingerprint density at radius 2 is 1.70 bits per heavy atom. The van der Waals surface area contributed by atoms with Gasteiger partial charge in [0, 0.05) is 18.0 Å². The van der Waals surface area contributed by atoms with E-state index in [-0.39, 0.29) is 28.6 Å². The summed E-state index contributed by atoms with van der Waals surface area (Å²) in [4.78, 5) is 35.5. The Balaban J connectivity index is 2.23. The number of benzene rings is 2. The first-order valence-corrected chi connectivity index (χ1v) is 6.97. The summed E-state index contributed by atoms with van der Waals surface area (Å²) >= 11 is 5.70. The highest BCUT2D eigenvalue weighted by atomic mass is 35.5. The smallest absolute Gasteiger partial charge is 0.296 e. The van der Waals surface area contributed by atoms with E-state index in [1.165, 1.54) is 37.3 Å². The molecule has 6 nitrogen and oxygen atoms in total. The lowest BCUT2D eigenvalue weighted by atomic mass is 10.1. The molecule has 0 aliphatic heterocycles. The van der Waals surface area contributed by atoms with Crippen molar-refractivity contribution in [3.05, 3.63) is 53.1 Å². The second-order valence-corrected chi connectivity index (χ2v) is 5.11. The Labute approximate surface area is 137 Å². The highest BCUT2D eigenvalue weighted by Crippen LogP contribution is 2.27. The van der Waals surface area contributed by atoms with E-state index >= 15 is 0 Å². The first-order chi connectivity index (χ1) is 10.9. The molecule has 0 spiro atoms. The van der Waals surface area contributed by atoms with Crippen LogP contribution in [0, 0.1) is 0 Å². The van der Waals surface area contributed by atoms with Crippen molar-refractivity contribution in [3.63, 3.8) is 0 Å². The Kier molecular flexibility index (Phi) is 4.98. The number of halogens is 1. The second kappa shape index (κ2) is 6.93. The lowest BCUT2D eigenvalue weighted by Gasteiger charge is -2.10. The third-order valence-corrected chi connectivity index (χ3v) is 3.13. The molecule has 0 saturated carbocycles. The van der Waals surface area contributed by atoms with E-state index in [1.54, 1.807) is 12.1 Å². The number of carbonyl (C=O) groups excluding carboxylic acids is 3. The fourth-order valence-electron chi connectivity index (χ4n) is 1.89.